The van der Waals surface area contributed by atoms with E-state index >= 15 is 0 Å². The number of hydrogen-bond donors (Lipinski definition) is 3. The Labute approximate surface area is 176 Å². The molecule has 0 radical (unpaired) electrons. The smallest absolute Gasteiger partial charge is 0.244 e. The summed E-state index contributed by atoms with van der Waals surface area (Å²) in [5.41, 5.74) is 6.45. The van der Waals surface area contributed by atoms with Crippen LogP contribution in [0.3, 0.4) is 0 Å². The number of benzene rings is 2. The van der Waals surface area contributed by atoms with E-state index in [2.05, 4.69) is 15.5 Å². The van der Waals surface area contributed by atoms with E-state index in [9.17, 15) is 9.59 Å². The standard InChI is InChI=1S/C19H18ClN5O3S/c20-13-3-1-12(2-4-13)18-23-24-19(29)25(18)11-17(27)22-14-5-7-15(8-6-14)28-10-9-16(21)26/h1-8H,9-11H2,(H2,21,26)(H,22,27)(H,24,29). The molecule has 29 heavy (non-hydrogen) atoms. The van der Waals surface area contributed by atoms with E-state index in [4.69, 9.17) is 34.3 Å². The number of nitrogens with zero attached hydrogens (tertiary/aromatic N) is 2. The van der Waals surface area contributed by atoms with Gasteiger partial charge in [-0.3, -0.25) is 19.3 Å². The van der Waals surface area contributed by atoms with Crippen LogP contribution in [0.25, 0.3) is 11.4 Å². The highest BCUT2D eigenvalue weighted by molar-refractivity contribution is 7.71. The number of amides is 2. The summed E-state index contributed by atoms with van der Waals surface area (Å²) in [6.07, 6.45) is 0.139. The number of ether oxygens (including phenoxy) is 1. The van der Waals surface area contributed by atoms with Gasteiger partial charge in [-0.2, -0.15) is 5.10 Å². The van der Waals surface area contributed by atoms with E-state index in [1.165, 1.54) is 0 Å². The van der Waals surface area contributed by atoms with Gasteiger partial charge in [-0.1, -0.05) is 11.6 Å². The van der Waals surface area contributed by atoms with Gasteiger partial charge >= 0.3 is 0 Å². The van der Waals surface area contributed by atoms with E-state index in [1.807, 2.05) is 0 Å². The zero-order valence-corrected chi connectivity index (χ0v) is 16.8. The molecule has 2 aromatic carbocycles. The van der Waals surface area contributed by atoms with Crippen molar-refractivity contribution in [3.63, 3.8) is 0 Å². The van der Waals surface area contributed by atoms with Crippen molar-refractivity contribution in [2.75, 3.05) is 11.9 Å². The normalized spacial score (nSPS) is 10.5. The minimum absolute atomic E-state index is 0.00977. The maximum atomic E-state index is 12.5. The van der Waals surface area contributed by atoms with Crippen molar-refractivity contribution < 1.29 is 14.3 Å². The summed E-state index contributed by atoms with van der Waals surface area (Å²) in [4.78, 5) is 23.2. The van der Waals surface area contributed by atoms with Crippen LogP contribution < -0.4 is 15.8 Å². The van der Waals surface area contributed by atoms with E-state index in [-0.39, 0.29) is 25.5 Å². The number of halogens is 1. The van der Waals surface area contributed by atoms with E-state index in [0.29, 0.717) is 27.1 Å². The average molecular weight is 432 g/mol. The highest BCUT2D eigenvalue weighted by Crippen LogP contribution is 2.20. The van der Waals surface area contributed by atoms with Gasteiger partial charge in [0.1, 0.15) is 12.3 Å². The molecule has 0 spiro atoms. The quantitative estimate of drug-likeness (QED) is 0.474. The van der Waals surface area contributed by atoms with Crippen molar-refractivity contribution in [1.29, 1.82) is 0 Å². The first-order valence-electron chi connectivity index (χ1n) is 8.64. The molecule has 4 N–H and O–H groups in total. The largest absolute Gasteiger partial charge is 0.493 e. The molecule has 150 valence electrons. The molecule has 0 bridgehead atoms. The number of H-pyrrole nitrogens is 1. The van der Waals surface area contributed by atoms with Crippen molar-refractivity contribution in [2.45, 2.75) is 13.0 Å². The zero-order chi connectivity index (χ0) is 20.8. The monoisotopic (exact) mass is 431 g/mol. The van der Waals surface area contributed by atoms with E-state index < -0.39 is 5.91 Å². The van der Waals surface area contributed by atoms with Gasteiger partial charge in [0.05, 0.1) is 13.0 Å². The number of carbonyl (C=O) groups is 2. The molecule has 3 rings (SSSR count). The molecule has 0 saturated heterocycles. The SMILES string of the molecule is NC(=O)CCOc1ccc(NC(=O)Cn2c(-c3ccc(Cl)cc3)n[nH]c2=S)cc1. The third-order valence-corrected chi connectivity index (χ3v) is 4.48. The lowest BCUT2D eigenvalue weighted by Gasteiger charge is -2.09. The number of nitrogens with one attached hydrogen (secondary N) is 2. The van der Waals surface area contributed by atoms with Gasteiger partial charge in [-0.15, -0.1) is 0 Å². The fourth-order valence-corrected chi connectivity index (χ4v) is 2.85. The van der Waals surface area contributed by atoms with Crippen LogP contribution >= 0.6 is 23.8 Å². The second kappa shape index (κ2) is 9.35. The highest BCUT2D eigenvalue weighted by Gasteiger charge is 2.13. The molecular formula is C19H18ClN5O3S. The molecule has 1 aromatic heterocycles. The van der Waals surface area contributed by atoms with Crippen LogP contribution in [0.15, 0.2) is 48.5 Å². The first-order valence-corrected chi connectivity index (χ1v) is 9.43. The minimum Gasteiger partial charge on any atom is -0.493 e. The zero-order valence-electron chi connectivity index (χ0n) is 15.2. The second-order valence-corrected chi connectivity index (χ2v) is 6.91. The van der Waals surface area contributed by atoms with Crippen molar-refractivity contribution in [3.05, 3.63) is 58.3 Å². The number of nitrogens with two attached hydrogens (primary N) is 1. The first-order chi connectivity index (χ1) is 13.9. The Morgan fingerprint density at radius 2 is 1.86 bits per heavy atom. The minimum atomic E-state index is -0.426. The summed E-state index contributed by atoms with van der Waals surface area (Å²) in [5, 5.41) is 10.3. The molecule has 3 aromatic rings. The number of hydrogen-bond acceptors (Lipinski definition) is 5. The van der Waals surface area contributed by atoms with Crippen LogP contribution in [-0.4, -0.2) is 33.2 Å². The molecule has 0 atom stereocenters. The van der Waals surface area contributed by atoms with Crippen LogP contribution in [0.2, 0.25) is 5.02 Å². The number of aromatic nitrogens is 3. The second-order valence-electron chi connectivity index (χ2n) is 6.08. The third-order valence-electron chi connectivity index (χ3n) is 3.92. The fourth-order valence-electron chi connectivity index (χ4n) is 2.53. The maximum absolute atomic E-state index is 12.5. The molecule has 2 amide bonds. The summed E-state index contributed by atoms with van der Waals surface area (Å²) in [6.45, 7) is 0.192. The molecule has 0 aliphatic rings. The lowest BCUT2D eigenvalue weighted by Crippen LogP contribution is -2.19. The molecule has 0 aliphatic carbocycles. The molecule has 0 aliphatic heterocycles. The van der Waals surface area contributed by atoms with E-state index in [1.54, 1.807) is 53.1 Å². The lowest BCUT2D eigenvalue weighted by atomic mass is 10.2. The Hall–Kier alpha value is -3.17. The van der Waals surface area contributed by atoms with Gasteiger partial charge in [-0.25, -0.2) is 0 Å². The van der Waals surface area contributed by atoms with Crippen molar-refractivity contribution in [1.82, 2.24) is 14.8 Å². The van der Waals surface area contributed by atoms with E-state index in [0.717, 1.165) is 5.56 Å². The third kappa shape index (κ3) is 5.66. The molecule has 0 saturated carbocycles. The Morgan fingerprint density at radius 1 is 1.17 bits per heavy atom. The Kier molecular flexibility index (Phi) is 6.63. The topological polar surface area (TPSA) is 115 Å². The summed E-state index contributed by atoms with van der Waals surface area (Å²) in [6, 6.07) is 13.9. The molecule has 8 nitrogen and oxygen atoms in total. The van der Waals surface area contributed by atoms with Crippen LogP contribution in [0.4, 0.5) is 5.69 Å². The number of aromatic amines is 1. The van der Waals surface area contributed by atoms with Crippen LogP contribution in [0.5, 0.6) is 5.75 Å². The van der Waals surface area contributed by atoms with Gasteiger partial charge in [0.15, 0.2) is 10.6 Å². The molecular weight excluding hydrogens is 414 g/mol. The Bertz CT molecular complexity index is 1060. The molecule has 10 heteroatoms. The number of anilines is 1. The van der Waals surface area contributed by atoms with Gasteiger partial charge in [0.2, 0.25) is 11.8 Å². The van der Waals surface area contributed by atoms with Crippen molar-refractivity contribution in [3.8, 4) is 17.1 Å². The van der Waals surface area contributed by atoms with Crippen molar-refractivity contribution >= 4 is 41.3 Å². The fraction of sp³-hybridized carbons (Fsp3) is 0.158. The number of carbonyl (C=O) groups excluding carboxylic acids is 2. The highest BCUT2D eigenvalue weighted by atomic mass is 35.5. The summed E-state index contributed by atoms with van der Waals surface area (Å²) in [7, 11) is 0. The molecule has 1 heterocycles. The van der Waals surface area contributed by atoms with Crippen LogP contribution in [0.1, 0.15) is 6.42 Å². The number of rotatable bonds is 8. The Morgan fingerprint density at radius 3 is 2.52 bits per heavy atom. The van der Waals surface area contributed by atoms with Gasteiger partial charge in [0, 0.05) is 16.3 Å². The molecule has 0 unspecified atom stereocenters. The van der Waals surface area contributed by atoms with Crippen LogP contribution in [0, 0.1) is 4.77 Å². The predicted molar refractivity (Wildman–Crippen MR) is 112 cm³/mol. The lowest BCUT2D eigenvalue weighted by molar-refractivity contribution is -0.118. The van der Waals surface area contributed by atoms with Crippen molar-refractivity contribution in [2.24, 2.45) is 5.73 Å². The maximum Gasteiger partial charge on any atom is 0.244 e. The van der Waals surface area contributed by atoms with Crippen LogP contribution in [-0.2, 0) is 16.1 Å². The predicted octanol–water partition coefficient (Wildman–Crippen LogP) is 3.15. The Balaban J connectivity index is 1.64. The van der Waals surface area contributed by atoms with Gasteiger partial charge in [0.25, 0.3) is 0 Å². The summed E-state index contributed by atoms with van der Waals surface area (Å²) < 4.78 is 7.34. The van der Waals surface area contributed by atoms with Gasteiger partial charge < -0.3 is 15.8 Å². The van der Waals surface area contributed by atoms with Gasteiger partial charge in [-0.05, 0) is 60.7 Å². The molecule has 0 fully saturated rings. The first kappa shape index (κ1) is 20.6. The average Bonchev–Trinajstić information content (AvgIpc) is 3.04. The summed E-state index contributed by atoms with van der Waals surface area (Å²) in [5.74, 6) is 0.427. The number of primary amides is 1. The summed E-state index contributed by atoms with van der Waals surface area (Å²) >= 11 is 11.2.